The van der Waals surface area contributed by atoms with Crippen LogP contribution >= 0.6 is 11.8 Å². The summed E-state index contributed by atoms with van der Waals surface area (Å²) in [5, 5.41) is 5.18. The molecule has 1 fully saturated rings. The Bertz CT molecular complexity index is 603. The maximum absolute atomic E-state index is 12.9. The van der Waals surface area contributed by atoms with Crippen LogP contribution in [0.5, 0.6) is 0 Å². The Hall–Kier alpha value is -1.33. The molecule has 0 saturated carbocycles. The van der Waals surface area contributed by atoms with E-state index in [-0.39, 0.29) is 5.82 Å². The summed E-state index contributed by atoms with van der Waals surface area (Å²) in [6.45, 7) is 2.22. The van der Waals surface area contributed by atoms with E-state index in [0.717, 1.165) is 36.7 Å². The van der Waals surface area contributed by atoms with Crippen molar-refractivity contribution < 1.29 is 4.39 Å². The quantitative estimate of drug-likeness (QED) is 0.918. The minimum atomic E-state index is -0.176. The monoisotopic (exact) mass is 319 g/mol. The number of halogens is 1. The van der Waals surface area contributed by atoms with Gasteiger partial charge in [0.05, 0.1) is 0 Å². The highest BCUT2D eigenvalue weighted by molar-refractivity contribution is 7.99. The summed E-state index contributed by atoms with van der Waals surface area (Å²) < 4.78 is 15.1. The standard InChI is InChI=1S/C17H22FN3S/c1-21-15(7-4-13-2-5-14(18)6-3-13)12-20-17(21)22-16-8-10-19-11-9-16/h2-3,5-6,12,16,19H,4,7-11H2,1H3. The number of benzene rings is 1. The highest BCUT2D eigenvalue weighted by Gasteiger charge is 2.17. The van der Waals surface area contributed by atoms with Crippen LogP contribution in [0, 0.1) is 5.82 Å². The van der Waals surface area contributed by atoms with Crippen LogP contribution in [0.2, 0.25) is 0 Å². The fourth-order valence-electron chi connectivity index (χ4n) is 2.75. The largest absolute Gasteiger partial charge is 0.326 e. The first-order chi connectivity index (χ1) is 10.7. The van der Waals surface area contributed by atoms with Gasteiger partial charge in [-0.2, -0.15) is 0 Å². The van der Waals surface area contributed by atoms with E-state index in [9.17, 15) is 4.39 Å². The predicted molar refractivity (Wildman–Crippen MR) is 88.8 cm³/mol. The summed E-state index contributed by atoms with van der Waals surface area (Å²) in [6, 6.07) is 6.76. The minimum absolute atomic E-state index is 0.176. The maximum atomic E-state index is 12.9. The van der Waals surface area contributed by atoms with Crippen molar-refractivity contribution >= 4 is 11.8 Å². The molecule has 1 aromatic heterocycles. The van der Waals surface area contributed by atoms with Crippen molar-refractivity contribution in [2.24, 2.45) is 7.05 Å². The highest BCUT2D eigenvalue weighted by Crippen LogP contribution is 2.28. The number of rotatable bonds is 5. The molecule has 5 heteroatoms. The van der Waals surface area contributed by atoms with Gasteiger partial charge < -0.3 is 9.88 Å². The molecule has 2 aromatic rings. The molecule has 118 valence electrons. The zero-order valence-electron chi connectivity index (χ0n) is 12.9. The van der Waals surface area contributed by atoms with Crippen LogP contribution in [0.3, 0.4) is 0 Å². The van der Waals surface area contributed by atoms with Gasteiger partial charge in [0.2, 0.25) is 0 Å². The lowest BCUT2D eigenvalue weighted by molar-refractivity contribution is 0.530. The number of aromatic nitrogens is 2. The van der Waals surface area contributed by atoms with E-state index in [4.69, 9.17) is 0 Å². The van der Waals surface area contributed by atoms with E-state index in [2.05, 4.69) is 21.9 Å². The Kier molecular flexibility index (Phi) is 5.16. The number of hydrogen-bond acceptors (Lipinski definition) is 3. The maximum Gasteiger partial charge on any atom is 0.168 e. The molecule has 0 amide bonds. The number of nitrogens with one attached hydrogen (secondary N) is 1. The van der Waals surface area contributed by atoms with E-state index in [0.29, 0.717) is 5.25 Å². The Balaban J connectivity index is 1.59. The topological polar surface area (TPSA) is 29.9 Å². The first-order valence-electron chi connectivity index (χ1n) is 7.85. The number of thioether (sulfide) groups is 1. The van der Waals surface area contributed by atoms with Crippen molar-refractivity contribution in [3.8, 4) is 0 Å². The molecule has 3 nitrogen and oxygen atoms in total. The van der Waals surface area contributed by atoms with Crippen molar-refractivity contribution in [1.29, 1.82) is 0 Å². The Labute approximate surface area is 135 Å². The molecule has 3 rings (SSSR count). The van der Waals surface area contributed by atoms with Gasteiger partial charge >= 0.3 is 0 Å². The second kappa shape index (κ2) is 7.29. The molecule has 0 atom stereocenters. The summed E-state index contributed by atoms with van der Waals surface area (Å²) in [4.78, 5) is 4.58. The Morgan fingerprint density at radius 3 is 2.68 bits per heavy atom. The van der Waals surface area contributed by atoms with Crippen LogP contribution < -0.4 is 5.32 Å². The number of imidazole rings is 1. The molecule has 1 aliphatic rings. The molecule has 0 unspecified atom stereocenters. The molecule has 2 heterocycles. The van der Waals surface area contributed by atoms with E-state index in [1.807, 2.05) is 30.1 Å². The fourth-order valence-corrected chi connectivity index (χ4v) is 3.91. The summed E-state index contributed by atoms with van der Waals surface area (Å²) in [5.41, 5.74) is 2.40. The van der Waals surface area contributed by atoms with E-state index in [1.165, 1.54) is 30.7 Å². The Morgan fingerprint density at radius 2 is 1.95 bits per heavy atom. The third-order valence-electron chi connectivity index (χ3n) is 4.18. The number of hydrogen-bond donors (Lipinski definition) is 1. The van der Waals surface area contributed by atoms with Crippen LogP contribution in [0.25, 0.3) is 0 Å². The number of aryl methyl sites for hydroxylation is 2. The van der Waals surface area contributed by atoms with Gasteiger partial charge in [-0.05, 0) is 56.5 Å². The third-order valence-corrected chi connectivity index (χ3v) is 5.58. The summed E-state index contributed by atoms with van der Waals surface area (Å²) in [6.07, 6.45) is 6.25. The van der Waals surface area contributed by atoms with Crippen LogP contribution in [-0.4, -0.2) is 27.9 Å². The first kappa shape index (κ1) is 15.6. The van der Waals surface area contributed by atoms with Crippen molar-refractivity contribution in [2.45, 2.75) is 36.1 Å². The lowest BCUT2D eigenvalue weighted by Crippen LogP contribution is -2.29. The van der Waals surface area contributed by atoms with Gasteiger partial charge in [-0.25, -0.2) is 9.37 Å². The van der Waals surface area contributed by atoms with Gasteiger partial charge in [-0.1, -0.05) is 23.9 Å². The zero-order chi connectivity index (χ0) is 15.4. The molecular weight excluding hydrogens is 297 g/mol. The molecule has 1 aliphatic heterocycles. The molecule has 22 heavy (non-hydrogen) atoms. The zero-order valence-corrected chi connectivity index (χ0v) is 13.7. The smallest absolute Gasteiger partial charge is 0.168 e. The van der Waals surface area contributed by atoms with Crippen LogP contribution in [0.4, 0.5) is 4.39 Å². The molecule has 0 radical (unpaired) electrons. The average Bonchev–Trinajstić information content (AvgIpc) is 2.88. The SMILES string of the molecule is Cn1c(CCc2ccc(F)cc2)cnc1SC1CCNCC1. The number of piperidine rings is 1. The van der Waals surface area contributed by atoms with E-state index < -0.39 is 0 Å². The van der Waals surface area contributed by atoms with Gasteiger partial charge in [0.15, 0.2) is 5.16 Å². The third kappa shape index (κ3) is 3.90. The molecule has 0 spiro atoms. The van der Waals surface area contributed by atoms with Crippen molar-refractivity contribution in [3.63, 3.8) is 0 Å². The van der Waals surface area contributed by atoms with E-state index in [1.54, 1.807) is 0 Å². The van der Waals surface area contributed by atoms with Crippen molar-refractivity contribution in [1.82, 2.24) is 14.9 Å². The summed E-state index contributed by atoms with van der Waals surface area (Å²) in [5.74, 6) is -0.176. The van der Waals surface area contributed by atoms with Crippen LogP contribution in [0.15, 0.2) is 35.6 Å². The summed E-state index contributed by atoms with van der Waals surface area (Å²) >= 11 is 1.90. The minimum Gasteiger partial charge on any atom is -0.326 e. The van der Waals surface area contributed by atoms with E-state index >= 15 is 0 Å². The lowest BCUT2D eigenvalue weighted by Gasteiger charge is -2.21. The normalized spacial score (nSPS) is 16.1. The average molecular weight is 319 g/mol. The number of nitrogens with zero attached hydrogens (tertiary/aromatic N) is 2. The molecule has 1 aromatic carbocycles. The lowest BCUT2D eigenvalue weighted by atomic mass is 10.1. The van der Waals surface area contributed by atoms with Crippen molar-refractivity contribution in [3.05, 3.63) is 47.5 Å². The van der Waals surface area contributed by atoms with Gasteiger partial charge in [-0.15, -0.1) is 0 Å². The second-order valence-corrected chi connectivity index (χ2v) is 7.05. The van der Waals surface area contributed by atoms with Gasteiger partial charge in [0.25, 0.3) is 0 Å². The predicted octanol–water partition coefficient (Wildman–Crippen LogP) is 3.19. The second-order valence-electron chi connectivity index (χ2n) is 5.78. The first-order valence-corrected chi connectivity index (χ1v) is 8.73. The fraction of sp³-hybridized carbons (Fsp3) is 0.471. The van der Waals surface area contributed by atoms with Gasteiger partial charge in [0, 0.05) is 24.2 Å². The van der Waals surface area contributed by atoms with Crippen LogP contribution in [-0.2, 0) is 19.9 Å². The molecule has 0 aliphatic carbocycles. The Morgan fingerprint density at radius 1 is 1.23 bits per heavy atom. The van der Waals surface area contributed by atoms with Gasteiger partial charge in [-0.3, -0.25) is 0 Å². The molecule has 1 saturated heterocycles. The molecule has 0 bridgehead atoms. The van der Waals surface area contributed by atoms with Gasteiger partial charge in [0.1, 0.15) is 5.82 Å². The van der Waals surface area contributed by atoms with Crippen molar-refractivity contribution in [2.75, 3.05) is 13.1 Å². The highest BCUT2D eigenvalue weighted by atomic mass is 32.2. The molecule has 1 N–H and O–H groups in total. The van der Waals surface area contributed by atoms with Crippen LogP contribution in [0.1, 0.15) is 24.1 Å². The molecular formula is C17H22FN3S. The summed E-state index contributed by atoms with van der Waals surface area (Å²) in [7, 11) is 2.09.